The molecule has 0 heterocycles. The Morgan fingerprint density at radius 1 is 1.17 bits per heavy atom. The van der Waals surface area contributed by atoms with E-state index in [1.807, 2.05) is 0 Å². The summed E-state index contributed by atoms with van der Waals surface area (Å²) in [5.41, 5.74) is 4.73. The highest BCUT2D eigenvalue weighted by molar-refractivity contribution is 5.54. The van der Waals surface area contributed by atoms with Gasteiger partial charge in [0, 0.05) is 13.7 Å². The van der Waals surface area contributed by atoms with E-state index in [0.717, 1.165) is 25.0 Å². The molecule has 1 aromatic rings. The number of unbranched alkanes of at least 4 members (excludes halogenated alkanes) is 1. The van der Waals surface area contributed by atoms with Crippen molar-refractivity contribution in [2.45, 2.75) is 19.0 Å². The average molecular weight is 263 g/mol. The highest BCUT2D eigenvalue weighted by atomic mass is 19.4. The zero-order valence-electron chi connectivity index (χ0n) is 10.1. The standard InChI is InChI=1S/C12H16F3NO2/c1-17-6-2-3-7-18-11-5-4-9(8-10(11)16)12(13,14)15/h4-5,8H,2-3,6-7,16H2,1H3. The van der Waals surface area contributed by atoms with E-state index in [1.54, 1.807) is 7.11 Å². The van der Waals surface area contributed by atoms with Crippen LogP contribution in [0.15, 0.2) is 18.2 Å². The molecule has 0 atom stereocenters. The number of rotatable bonds is 6. The topological polar surface area (TPSA) is 44.5 Å². The van der Waals surface area contributed by atoms with Crippen LogP contribution in [0, 0.1) is 0 Å². The van der Waals surface area contributed by atoms with Gasteiger partial charge >= 0.3 is 6.18 Å². The molecule has 0 amide bonds. The molecule has 0 aromatic heterocycles. The largest absolute Gasteiger partial charge is 0.491 e. The molecule has 0 aliphatic rings. The smallest absolute Gasteiger partial charge is 0.416 e. The van der Waals surface area contributed by atoms with Crippen molar-refractivity contribution in [3.8, 4) is 5.75 Å². The summed E-state index contributed by atoms with van der Waals surface area (Å²) >= 11 is 0. The average Bonchev–Trinajstić information content (AvgIpc) is 2.29. The fourth-order valence-electron chi connectivity index (χ4n) is 1.39. The van der Waals surface area contributed by atoms with Crippen molar-refractivity contribution < 1.29 is 22.6 Å². The molecular weight excluding hydrogens is 247 g/mol. The summed E-state index contributed by atoms with van der Waals surface area (Å²) in [6.07, 6.45) is -2.80. The van der Waals surface area contributed by atoms with Gasteiger partial charge in [0.1, 0.15) is 5.75 Å². The van der Waals surface area contributed by atoms with E-state index < -0.39 is 11.7 Å². The molecule has 0 aliphatic carbocycles. The first-order valence-corrected chi connectivity index (χ1v) is 5.53. The lowest BCUT2D eigenvalue weighted by molar-refractivity contribution is -0.137. The molecule has 0 spiro atoms. The molecule has 18 heavy (non-hydrogen) atoms. The molecule has 2 N–H and O–H groups in total. The van der Waals surface area contributed by atoms with Crippen LogP contribution in [0.2, 0.25) is 0 Å². The third kappa shape index (κ3) is 4.44. The second-order valence-corrected chi connectivity index (χ2v) is 3.80. The zero-order valence-corrected chi connectivity index (χ0v) is 10.1. The van der Waals surface area contributed by atoms with Crippen molar-refractivity contribution in [1.29, 1.82) is 0 Å². The van der Waals surface area contributed by atoms with E-state index in [2.05, 4.69) is 0 Å². The van der Waals surface area contributed by atoms with Gasteiger partial charge in [0.2, 0.25) is 0 Å². The second kappa shape index (κ2) is 6.49. The van der Waals surface area contributed by atoms with Crippen LogP contribution in [0.25, 0.3) is 0 Å². The number of halogens is 3. The number of methoxy groups -OCH3 is 1. The first kappa shape index (κ1) is 14.6. The van der Waals surface area contributed by atoms with Crippen molar-refractivity contribution >= 4 is 5.69 Å². The fourth-order valence-corrected chi connectivity index (χ4v) is 1.39. The monoisotopic (exact) mass is 263 g/mol. The molecule has 0 fully saturated rings. The summed E-state index contributed by atoms with van der Waals surface area (Å²) in [7, 11) is 1.61. The highest BCUT2D eigenvalue weighted by Gasteiger charge is 2.30. The number of hydrogen-bond donors (Lipinski definition) is 1. The Bertz CT molecular complexity index is 380. The van der Waals surface area contributed by atoms with Gasteiger partial charge in [-0.25, -0.2) is 0 Å². The van der Waals surface area contributed by atoms with Crippen LogP contribution in [0.3, 0.4) is 0 Å². The van der Waals surface area contributed by atoms with Gasteiger partial charge in [-0.1, -0.05) is 0 Å². The van der Waals surface area contributed by atoms with Crippen LogP contribution in [-0.2, 0) is 10.9 Å². The highest BCUT2D eigenvalue weighted by Crippen LogP contribution is 2.33. The summed E-state index contributed by atoms with van der Waals surface area (Å²) in [5, 5.41) is 0. The minimum atomic E-state index is -4.38. The Balaban J connectivity index is 2.53. The predicted octanol–water partition coefficient (Wildman–Crippen LogP) is 3.09. The first-order chi connectivity index (χ1) is 8.45. The number of ether oxygens (including phenoxy) is 2. The Morgan fingerprint density at radius 2 is 1.83 bits per heavy atom. The number of nitrogens with two attached hydrogens (primary N) is 1. The summed E-state index contributed by atoms with van der Waals surface area (Å²) in [5.74, 6) is 0.278. The minimum Gasteiger partial charge on any atom is -0.491 e. The second-order valence-electron chi connectivity index (χ2n) is 3.80. The summed E-state index contributed by atoms with van der Waals surface area (Å²) in [4.78, 5) is 0. The molecular formula is C12H16F3NO2. The maximum atomic E-state index is 12.4. The van der Waals surface area contributed by atoms with Crippen LogP contribution >= 0.6 is 0 Å². The van der Waals surface area contributed by atoms with Crippen molar-refractivity contribution in [2.75, 3.05) is 26.1 Å². The molecule has 6 heteroatoms. The molecule has 0 unspecified atom stereocenters. The van der Waals surface area contributed by atoms with E-state index >= 15 is 0 Å². The van der Waals surface area contributed by atoms with E-state index in [0.29, 0.717) is 13.2 Å². The molecule has 0 radical (unpaired) electrons. The van der Waals surface area contributed by atoms with E-state index in [4.69, 9.17) is 15.2 Å². The molecule has 0 saturated carbocycles. The lowest BCUT2D eigenvalue weighted by atomic mass is 10.2. The van der Waals surface area contributed by atoms with Crippen LogP contribution in [0.1, 0.15) is 18.4 Å². The van der Waals surface area contributed by atoms with Crippen LogP contribution in [0.5, 0.6) is 5.75 Å². The molecule has 0 aliphatic heterocycles. The van der Waals surface area contributed by atoms with Crippen molar-refractivity contribution in [2.24, 2.45) is 0 Å². The van der Waals surface area contributed by atoms with Crippen molar-refractivity contribution in [1.82, 2.24) is 0 Å². The van der Waals surface area contributed by atoms with Gasteiger partial charge in [-0.05, 0) is 31.0 Å². The SMILES string of the molecule is COCCCCOc1ccc(C(F)(F)F)cc1N. The lowest BCUT2D eigenvalue weighted by Gasteiger charge is -2.12. The van der Waals surface area contributed by atoms with Crippen LogP contribution in [0.4, 0.5) is 18.9 Å². The van der Waals surface area contributed by atoms with E-state index in [1.165, 1.54) is 6.07 Å². The van der Waals surface area contributed by atoms with Gasteiger partial charge in [0.05, 0.1) is 17.9 Å². The third-order valence-corrected chi connectivity index (χ3v) is 2.34. The van der Waals surface area contributed by atoms with Crippen molar-refractivity contribution in [3.05, 3.63) is 23.8 Å². The number of alkyl halides is 3. The van der Waals surface area contributed by atoms with E-state index in [-0.39, 0.29) is 11.4 Å². The Morgan fingerprint density at radius 3 is 2.39 bits per heavy atom. The normalized spacial score (nSPS) is 11.6. The summed E-state index contributed by atoms with van der Waals surface area (Å²) < 4.78 is 47.3. The quantitative estimate of drug-likeness (QED) is 0.633. The van der Waals surface area contributed by atoms with Gasteiger partial charge < -0.3 is 15.2 Å². The maximum Gasteiger partial charge on any atom is 0.416 e. The number of anilines is 1. The van der Waals surface area contributed by atoms with Gasteiger partial charge in [0.25, 0.3) is 0 Å². The van der Waals surface area contributed by atoms with Crippen molar-refractivity contribution in [3.63, 3.8) is 0 Å². The maximum absolute atomic E-state index is 12.4. The van der Waals surface area contributed by atoms with Gasteiger partial charge in [-0.15, -0.1) is 0 Å². The molecule has 1 rings (SSSR count). The number of hydrogen-bond acceptors (Lipinski definition) is 3. The fraction of sp³-hybridized carbons (Fsp3) is 0.500. The van der Waals surface area contributed by atoms with Gasteiger partial charge in [-0.3, -0.25) is 0 Å². The Hall–Kier alpha value is -1.43. The predicted molar refractivity (Wildman–Crippen MR) is 62.5 cm³/mol. The molecule has 0 bridgehead atoms. The van der Waals surface area contributed by atoms with E-state index in [9.17, 15) is 13.2 Å². The molecule has 102 valence electrons. The minimum absolute atomic E-state index is 0.00318. The van der Waals surface area contributed by atoms with Gasteiger partial charge in [-0.2, -0.15) is 13.2 Å². The summed E-state index contributed by atoms with van der Waals surface area (Å²) in [6.45, 7) is 1.03. The van der Waals surface area contributed by atoms with Crippen LogP contribution < -0.4 is 10.5 Å². The summed E-state index contributed by atoms with van der Waals surface area (Å²) in [6, 6.07) is 3.08. The number of benzene rings is 1. The molecule has 1 aromatic carbocycles. The number of nitrogen functional groups attached to an aromatic ring is 1. The van der Waals surface area contributed by atoms with Crippen LogP contribution in [-0.4, -0.2) is 20.3 Å². The Kier molecular flexibility index (Phi) is 5.27. The molecule has 3 nitrogen and oxygen atoms in total. The third-order valence-electron chi connectivity index (χ3n) is 2.34. The zero-order chi connectivity index (χ0) is 13.6. The first-order valence-electron chi connectivity index (χ1n) is 5.53. The Labute approximate surface area is 104 Å². The van der Waals surface area contributed by atoms with Gasteiger partial charge in [0.15, 0.2) is 0 Å². The molecule has 0 saturated heterocycles. The lowest BCUT2D eigenvalue weighted by Crippen LogP contribution is -2.07.